The SMILES string of the molecule is Cc1ocnc1-c1sc(Br)c2c1OCCO2. The molecule has 0 N–H and O–H groups in total. The molecule has 2 aromatic heterocycles. The zero-order valence-corrected chi connectivity index (χ0v) is 10.9. The lowest BCUT2D eigenvalue weighted by atomic mass is 10.3. The predicted molar refractivity (Wildman–Crippen MR) is 63.2 cm³/mol. The largest absolute Gasteiger partial charge is 0.484 e. The third-order valence-electron chi connectivity index (χ3n) is 2.32. The highest BCUT2D eigenvalue weighted by Crippen LogP contribution is 2.51. The third kappa shape index (κ3) is 1.44. The van der Waals surface area contributed by atoms with E-state index in [1.165, 1.54) is 6.39 Å². The van der Waals surface area contributed by atoms with Gasteiger partial charge in [0.15, 0.2) is 17.9 Å². The van der Waals surface area contributed by atoms with E-state index in [4.69, 9.17) is 13.9 Å². The van der Waals surface area contributed by atoms with Crippen LogP contribution >= 0.6 is 27.3 Å². The zero-order valence-electron chi connectivity index (χ0n) is 8.45. The predicted octanol–water partition coefficient (Wildman–Crippen LogP) is 3.25. The molecule has 0 fully saturated rings. The van der Waals surface area contributed by atoms with Crippen LogP contribution in [0.5, 0.6) is 11.5 Å². The molecule has 1 aliphatic heterocycles. The Morgan fingerprint density at radius 2 is 2.06 bits per heavy atom. The first-order valence-electron chi connectivity index (χ1n) is 4.75. The number of halogens is 1. The third-order valence-corrected chi connectivity index (χ3v) is 4.11. The van der Waals surface area contributed by atoms with E-state index in [0.717, 1.165) is 31.6 Å². The quantitative estimate of drug-likeness (QED) is 0.811. The fourth-order valence-corrected chi connectivity index (χ4v) is 3.34. The van der Waals surface area contributed by atoms with Crippen LogP contribution < -0.4 is 9.47 Å². The molecule has 4 nitrogen and oxygen atoms in total. The molecule has 84 valence electrons. The minimum absolute atomic E-state index is 0.570. The number of rotatable bonds is 1. The van der Waals surface area contributed by atoms with Crippen LogP contribution in [0.15, 0.2) is 14.6 Å². The van der Waals surface area contributed by atoms with Gasteiger partial charge in [0.05, 0.1) is 0 Å². The van der Waals surface area contributed by atoms with Gasteiger partial charge in [0.2, 0.25) is 0 Å². The van der Waals surface area contributed by atoms with Gasteiger partial charge in [-0.05, 0) is 22.9 Å². The van der Waals surface area contributed by atoms with E-state index in [1.54, 1.807) is 11.3 Å². The number of nitrogens with zero attached hydrogens (tertiary/aromatic N) is 1. The summed E-state index contributed by atoms with van der Waals surface area (Å²) in [6.07, 6.45) is 1.44. The molecule has 0 aliphatic carbocycles. The molecule has 0 saturated carbocycles. The standard InChI is InChI=1S/C10H8BrNO3S/c1-5-6(12-4-15-5)9-7-8(10(11)16-9)14-3-2-13-7/h4H,2-3H2,1H3. The molecule has 3 heterocycles. The number of oxazole rings is 1. The van der Waals surface area contributed by atoms with E-state index in [-0.39, 0.29) is 0 Å². The van der Waals surface area contributed by atoms with Crippen molar-refractivity contribution in [2.75, 3.05) is 13.2 Å². The van der Waals surface area contributed by atoms with Gasteiger partial charge in [-0.25, -0.2) is 4.98 Å². The molecule has 0 bridgehead atoms. The summed E-state index contributed by atoms with van der Waals surface area (Å²) in [4.78, 5) is 5.15. The lowest BCUT2D eigenvalue weighted by molar-refractivity contribution is 0.173. The highest BCUT2D eigenvalue weighted by Gasteiger charge is 2.26. The fraction of sp³-hybridized carbons (Fsp3) is 0.300. The minimum Gasteiger partial charge on any atom is -0.484 e. The van der Waals surface area contributed by atoms with Crippen molar-refractivity contribution < 1.29 is 13.9 Å². The summed E-state index contributed by atoms with van der Waals surface area (Å²) in [6, 6.07) is 0. The van der Waals surface area contributed by atoms with Gasteiger partial charge in [0.1, 0.15) is 33.3 Å². The van der Waals surface area contributed by atoms with Crippen LogP contribution in [0.2, 0.25) is 0 Å². The second-order valence-corrected chi connectivity index (χ2v) is 5.66. The number of fused-ring (bicyclic) bond motifs is 1. The van der Waals surface area contributed by atoms with Gasteiger partial charge in [-0.2, -0.15) is 0 Å². The maximum atomic E-state index is 5.63. The lowest BCUT2D eigenvalue weighted by Crippen LogP contribution is -2.14. The van der Waals surface area contributed by atoms with E-state index in [0.29, 0.717) is 13.2 Å². The van der Waals surface area contributed by atoms with Gasteiger partial charge in [0, 0.05) is 0 Å². The Balaban J connectivity index is 2.18. The monoisotopic (exact) mass is 301 g/mol. The van der Waals surface area contributed by atoms with Crippen LogP contribution in [0.1, 0.15) is 5.76 Å². The summed E-state index contributed by atoms with van der Waals surface area (Å²) in [5.41, 5.74) is 0.817. The van der Waals surface area contributed by atoms with E-state index in [2.05, 4.69) is 20.9 Å². The van der Waals surface area contributed by atoms with Gasteiger partial charge >= 0.3 is 0 Å². The molecule has 3 rings (SSSR count). The van der Waals surface area contributed by atoms with Crippen molar-refractivity contribution in [2.24, 2.45) is 0 Å². The second-order valence-electron chi connectivity index (χ2n) is 3.32. The van der Waals surface area contributed by atoms with Gasteiger partial charge in [-0.1, -0.05) is 0 Å². The Bertz CT molecular complexity index is 534. The van der Waals surface area contributed by atoms with Gasteiger partial charge in [0.25, 0.3) is 0 Å². The lowest BCUT2D eigenvalue weighted by Gasteiger charge is -2.15. The summed E-state index contributed by atoms with van der Waals surface area (Å²) < 4.78 is 17.3. The van der Waals surface area contributed by atoms with Crippen molar-refractivity contribution >= 4 is 27.3 Å². The molecule has 0 spiro atoms. The maximum Gasteiger partial charge on any atom is 0.187 e. The molecule has 2 aromatic rings. The molecule has 0 radical (unpaired) electrons. The molecule has 0 unspecified atom stereocenters. The van der Waals surface area contributed by atoms with Gasteiger partial charge in [-0.3, -0.25) is 0 Å². The number of aromatic nitrogens is 1. The van der Waals surface area contributed by atoms with Gasteiger partial charge in [-0.15, -0.1) is 11.3 Å². The number of hydrogen-bond donors (Lipinski definition) is 0. The average molecular weight is 302 g/mol. The van der Waals surface area contributed by atoms with E-state index in [9.17, 15) is 0 Å². The Morgan fingerprint density at radius 1 is 1.31 bits per heavy atom. The van der Waals surface area contributed by atoms with Crippen molar-refractivity contribution in [3.05, 3.63) is 15.9 Å². The minimum atomic E-state index is 0.570. The topological polar surface area (TPSA) is 44.5 Å². The molecule has 0 saturated heterocycles. The van der Waals surface area contributed by atoms with Crippen molar-refractivity contribution in [1.82, 2.24) is 4.98 Å². The Morgan fingerprint density at radius 3 is 2.75 bits per heavy atom. The summed E-state index contributed by atoms with van der Waals surface area (Å²) in [6.45, 7) is 3.03. The molecule has 0 amide bonds. The normalized spacial score (nSPS) is 14.1. The Kier molecular flexibility index (Phi) is 2.40. The van der Waals surface area contributed by atoms with E-state index in [1.807, 2.05) is 6.92 Å². The van der Waals surface area contributed by atoms with Crippen molar-refractivity contribution in [1.29, 1.82) is 0 Å². The summed E-state index contributed by atoms with van der Waals surface area (Å²) >= 11 is 5.01. The molecule has 16 heavy (non-hydrogen) atoms. The molecule has 0 aromatic carbocycles. The zero-order chi connectivity index (χ0) is 11.1. The van der Waals surface area contributed by atoms with E-state index < -0.39 is 0 Å². The number of aryl methyl sites for hydroxylation is 1. The molecular formula is C10H8BrNO3S. The van der Waals surface area contributed by atoms with Crippen molar-refractivity contribution in [3.63, 3.8) is 0 Å². The van der Waals surface area contributed by atoms with Crippen molar-refractivity contribution in [3.8, 4) is 22.1 Å². The first-order chi connectivity index (χ1) is 7.77. The second kappa shape index (κ2) is 3.78. The van der Waals surface area contributed by atoms with Gasteiger partial charge < -0.3 is 13.9 Å². The highest BCUT2D eigenvalue weighted by atomic mass is 79.9. The van der Waals surface area contributed by atoms with Crippen LogP contribution in [0.3, 0.4) is 0 Å². The Hall–Kier alpha value is -1.01. The molecular weight excluding hydrogens is 294 g/mol. The summed E-state index contributed by atoms with van der Waals surface area (Å²) in [5, 5.41) is 0. The maximum absolute atomic E-state index is 5.63. The first-order valence-corrected chi connectivity index (χ1v) is 6.36. The van der Waals surface area contributed by atoms with Crippen LogP contribution in [0, 0.1) is 6.92 Å². The van der Waals surface area contributed by atoms with Crippen LogP contribution in [0.25, 0.3) is 10.6 Å². The summed E-state index contributed by atoms with van der Waals surface area (Å²) in [7, 11) is 0. The van der Waals surface area contributed by atoms with Crippen molar-refractivity contribution in [2.45, 2.75) is 6.92 Å². The highest BCUT2D eigenvalue weighted by molar-refractivity contribution is 9.11. The fourth-order valence-electron chi connectivity index (χ4n) is 1.59. The molecule has 0 atom stereocenters. The van der Waals surface area contributed by atoms with Crippen LogP contribution in [0.4, 0.5) is 0 Å². The van der Waals surface area contributed by atoms with E-state index >= 15 is 0 Å². The average Bonchev–Trinajstić information content (AvgIpc) is 2.84. The van der Waals surface area contributed by atoms with Crippen LogP contribution in [-0.2, 0) is 0 Å². The number of hydrogen-bond acceptors (Lipinski definition) is 5. The van der Waals surface area contributed by atoms with Crippen LogP contribution in [-0.4, -0.2) is 18.2 Å². The Labute approximate surface area is 104 Å². The number of thiophene rings is 1. The molecule has 6 heteroatoms. The smallest absolute Gasteiger partial charge is 0.187 e. The molecule has 1 aliphatic rings. The number of ether oxygens (including phenoxy) is 2. The summed E-state index contributed by atoms with van der Waals surface area (Å²) in [5.74, 6) is 2.32. The first kappa shape index (κ1) is 10.2.